The van der Waals surface area contributed by atoms with Crippen molar-refractivity contribution in [3.8, 4) is 0 Å². The summed E-state index contributed by atoms with van der Waals surface area (Å²) < 4.78 is 0. The van der Waals surface area contributed by atoms with Gasteiger partial charge in [0.15, 0.2) is 0 Å². The Morgan fingerprint density at radius 2 is 1.84 bits per heavy atom. The Kier molecular flexibility index (Phi) is 5.51. The van der Waals surface area contributed by atoms with Crippen LogP contribution in [0.2, 0.25) is 0 Å². The molecule has 0 aromatic heterocycles. The molecule has 0 radical (unpaired) electrons. The quantitative estimate of drug-likeness (QED) is 0.735. The Bertz CT molecular complexity index is 406. The van der Waals surface area contributed by atoms with Gasteiger partial charge in [-0.15, -0.1) is 0 Å². The van der Waals surface area contributed by atoms with E-state index in [4.69, 9.17) is 5.11 Å². The number of hydrogen-bond acceptors (Lipinski definition) is 3. The molecule has 0 amide bonds. The fourth-order valence-corrected chi connectivity index (χ4v) is 1.78. The number of carbonyl (C=O) groups is 1. The molecule has 1 unspecified atom stereocenters. The van der Waals surface area contributed by atoms with E-state index in [1.54, 1.807) is 0 Å². The van der Waals surface area contributed by atoms with Gasteiger partial charge in [0.1, 0.15) is 0 Å². The van der Waals surface area contributed by atoms with Gasteiger partial charge in [-0.05, 0) is 16.5 Å². The fourth-order valence-electron chi connectivity index (χ4n) is 1.78. The number of aliphatic hydroxyl groups excluding tert-OH is 1. The first kappa shape index (κ1) is 15.7. The molecule has 0 fully saturated rings. The van der Waals surface area contributed by atoms with Crippen molar-refractivity contribution < 1.29 is 15.0 Å². The lowest BCUT2D eigenvalue weighted by atomic mass is 9.87. The summed E-state index contributed by atoms with van der Waals surface area (Å²) in [7, 11) is 0. The van der Waals surface area contributed by atoms with Crippen molar-refractivity contribution in [3.63, 3.8) is 0 Å². The highest BCUT2D eigenvalue weighted by molar-refractivity contribution is 5.67. The highest BCUT2D eigenvalue weighted by Crippen LogP contribution is 2.22. The molecular weight excluding hydrogens is 242 g/mol. The molecule has 0 aliphatic carbocycles. The molecule has 0 saturated carbocycles. The molecule has 0 aliphatic heterocycles. The van der Waals surface area contributed by atoms with Gasteiger partial charge in [0.05, 0.1) is 12.5 Å². The fraction of sp³-hybridized carbons (Fsp3) is 0.533. The average Bonchev–Trinajstić information content (AvgIpc) is 2.27. The third kappa shape index (κ3) is 5.85. The van der Waals surface area contributed by atoms with Crippen LogP contribution in [0.1, 0.15) is 38.3 Å². The van der Waals surface area contributed by atoms with Crippen LogP contribution in [0.3, 0.4) is 0 Å². The minimum absolute atomic E-state index is 0.143. The van der Waals surface area contributed by atoms with Crippen LogP contribution in [-0.4, -0.2) is 28.8 Å². The first-order valence-corrected chi connectivity index (χ1v) is 6.49. The van der Waals surface area contributed by atoms with Crippen molar-refractivity contribution in [1.29, 1.82) is 0 Å². The highest BCUT2D eigenvalue weighted by Gasteiger charge is 2.13. The summed E-state index contributed by atoms with van der Waals surface area (Å²) >= 11 is 0. The molecule has 4 heteroatoms. The molecule has 19 heavy (non-hydrogen) atoms. The van der Waals surface area contributed by atoms with Gasteiger partial charge in [-0.1, -0.05) is 45.0 Å². The Morgan fingerprint density at radius 1 is 1.26 bits per heavy atom. The Morgan fingerprint density at radius 3 is 2.32 bits per heavy atom. The summed E-state index contributed by atoms with van der Waals surface area (Å²) in [4.78, 5) is 10.4. The summed E-state index contributed by atoms with van der Waals surface area (Å²) in [5.74, 6) is -0.983. The molecule has 1 aromatic carbocycles. The second kappa shape index (κ2) is 6.68. The van der Waals surface area contributed by atoms with Crippen LogP contribution >= 0.6 is 0 Å². The molecule has 106 valence electrons. The van der Waals surface area contributed by atoms with E-state index in [1.807, 2.05) is 0 Å². The van der Waals surface area contributed by atoms with Crippen LogP contribution in [0, 0.1) is 0 Å². The normalized spacial score (nSPS) is 13.3. The molecule has 0 saturated heterocycles. The maximum Gasteiger partial charge on any atom is 0.306 e. The topological polar surface area (TPSA) is 69.6 Å². The van der Waals surface area contributed by atoms with E-state index in [-0.39, 0.29) is 18.4 Å². The van der Waals surface area contributed by atoms with Gasteiger partial charge in [0.2, 0.25) is 0 Å². The van der Waals surface area contributed by atoms with Crippen LogP contribution in [0.15, 0.2) is 24.3 Å². The summed E-state index contributed by atoms with van der Waals surface area (Å²) in [5.41, 5.74) is 2.54. The zero-order valence-electron chi connectivity index (χ0n) is 11.8. The molecule has 0 heterocycles. The highest BCUT2D eigenvalue weighted by atomic mass is 16.4. The molecule has 1 atom stereocenters. The van der Waals surface area contributed by atoms with Crippen molar-refractivity contribution in [3.05, 3.63) is 35.4 Å². The summed E-state index contributed by atoms with van der Waals surface area (Å²) in [5, 5.41) is 21.0. The Hall–Kier alpha value is -1.39. The third-order valence-corrected chi connectivity index (χ3v) is 2.94. The second-order valence-electron chi connectivity index (χ2n) is 5.83. The van der Waals surface area contributed by atoms with E-state index in [0.717, 1.165) is 5.56 Å². The Labute approximate surface area is 114 Å². The van der Waals surface area contributed by atoms with Crippen molar-refractivity contribution in [1.82, 2.24) is 5.32 Å². The van der Waals surface area contributed by atoms with Gasteiger partial charge in [0.25, 0.3) is 0 Å². The number of aliphatic carboxylic acids is 1. The zero-order valence-corrected chi connectivity index (χ0v) is 11.8. The first-order valence-electron chi connectivity index (χ1n) is 6.49. The Balaban J connectivity index is 2.40. The molecule has 4 nitrogen and oxygen atoms in total. The van der Waals surface area contributed by atoms with E-state index in [2.05, 4.69) is 50.4 Å². The van der Waals surface area contributed by atoms with Crippen molar-refractivity contribution in [2.75, 3.05) is 6.54 Å². The SMILES string of the molecule is CC(C)(C)c1ccc(CNCC(O)CC(=O)O)cc1. The number of carboxylic acids is 1. The second-order valence-corrected chi connectivity index (χ2v) is 5.83. The van der Waals surface area contributed by atoms with Gasteiger partial charge >= 0.3 is 5.97 Å². The van der Waals surface area contributed by atoms with Gasteiger partial charge < -0.3 is 15.5 Å². The molecule has 0 spiro atoms. The number of carboxylic acid groups (broad SMARTS) is 1. The predicted octanol–water partition coefficient (Wildman–Crippen LogP) is 1.91. The average molecular weight is 265 g/mol. The van der Waals surface area contributed by atoms with Crippen LogP contribution in [0.5, 0.6) is 0 Å². The largest absolute Gasteiger partial charge is 0.481 e. The molecule has 0 aliphatic rings. The molecule has 1 rings (SSSR count). The lowest BCUT2D eigenvalue weighted by molar-refractivity contribution is -0.139. The van der Waals surface area contributed by atoms with Crippen molar-refractivity contribution in [2.24, 2.45) is 0 Å². The minimum atomic E-state index is -0.983. The monoisotopic (exact) mass is 265 g/mol. The zero-order chi connectivity index (χ0) is 14.5. The smallest absolute Gasteiger partial charge is 0.306 e. The standard InChI is InChI=1S/C15H23NO3/c1-15(2,3)12-6-4-11(5-7-12)9-16-10-13(17)8-14(18)19/h4-7,13,16-17H,8-10H2,1-3H3,(H,18,19). The predicted molar refractivity (Wildman–Crippen MR) is 75.1 cm³/mol. The molecule has 1 aromatic rings. The minimum Gasteiger partial charge on any atom is -0.481 e. The number of benzene rings is 1. The molecule has 3 N–H and O–H groups in total. The molecule has 0 bridgehead atoms. The number of rotatable bonds is 6. The van der Waals surface area contributed by atoms with Crippen LogP contribution < -0.4 is 5.32 Å². The number of nitrogens with one attached hydrogen (secondary N) is 1. The van der Waals surface area contributed by atoms with Gasteiger partial charge in [-0.3, -0.25) is 4.79 Å². The van der Waals surface area contributed by atoms with Crippen molar-refractivity contribution >= 4 is 5.97 Å². The van der Waals surface area contributed by atoms with E-state index >= 15 is 0 Å². The van der Waals surface area contributed by atoms with E-state index in [0.29, 0.717) is 6.54 Å². The van der Waals surface area contributed by atoms with Crippen LogP contribution in [-0.2, 0) is 16.8 Å². The van der Waals surface area contributed by atoms with Gasteiger partial charge in [-0.2, -0.15) is 0 Å². The lowest BCUT2D eigenvalue weighted by Gasteiger charge is -2.19. The van der Waals surface area contributed by atoms with Crippen LogP contribution in [0.25, 0.3) is 0 Å². The van der Waals surface area contributed by atoms with E-state index in [9.17, 15) is 9.90 Å². The maximum atomic E-state index is 10.4. The number of aliphatic hydroxyl groups is 1. The summed E-state index contributed by atoms with van der Waals surface area (Å²) in [6.45, 7) is 7.42. The lowest BCUT2D eigenvalue weighted by Crippen LogP contribution is -2.28. The summed E-state index contributed by atoms with van der Waals surface area (Å²) in [6, 6.07) is 8.31. The van der Waals surface area contributed by atoms with Crippen LogP contribution in [0.4, 0.5) is 0 Å². The maximum absolute atomic E-state index is 10.4. The van der Waals surface area contributed by atoms with E-state index in [1.165, 1.54) is 5.56 Å². The summed E-state index contributed by atoms with van der Waals surface area (Å²) in [6.07, 6.45) is -1.07. The molecular formula is C15H23NO3. The van der Waals surface area contributed by atoms with E-state index < -0.39 is 12.1 Å². The third-order valence-electron chi connectivity index (χ3n) is 2.94. The van der Waals surface area contributed by atoms with Gasteiger partial charge in [0, 0.05) is 13.1 Å². The van der Waals surface area contributed by atoms with Crippen molar-refractivity contribution in [2.45, 2.75) is 45.3 Å². The first-order chi connectivity index (χ1) is 8.79. The van der Waals surface area contributed by atoms with Gasteiger partial charge in [-0.25, -0.2) is 0 Å². The number of hydrogen-bond donors (Lipinski definition) is 3.